The van der Waals surface area contributed by atoms with Crippen molar-refractivity contribution in [1.29, 1.82) is 0 Å². The Bertz CT molecular complexity index is 728. The summed E-state index contributed by atoms with van der Waals surface area (Å²) in [4.78, 5) is 12.2. The van der Waals surface area contributed by atoms with Crippen LogP contribution in [-0.4, -0.2) is 18.7 Å². The molecule has 0 radical (unpaired) electrons. The van der Waals surface area contributed by atoms with E-state index in [9.17, 15) is 9.90 Å². The van der Waals surface area contributed by atoms with Crippen molar-refractivity contribution >= 4 is 5.97 Å². The Kier molecular flexibility index (Phi) is 3.67. The second-order valence-corrected chi connectivity index (χ2v) is 10.8. The lowest BCUT2D eigenvalue weighted by Gasteiger charge is -2.50. The summed E-state index contributed by atoms with van der Waals surface area (Å²) in [5.41, 5.74) is 0.980. The lowest BCUT2D eigenvalue weighted by atomic mass is 9.61. The van der Waals surface area contributed by atoms with E-state index in [1.54, 1.807) is 0 Å². The molecule has 0 spiro atoms. The number of carbonyl (C=O) groups is 1. The monoisotopic (exact) mass is 384 g/mol. The molecule has 0 N–H and O–H groups in total. The van der Waals surface area contributed by atoms with E-state index in [2.05, 4.69) is 20.8 Å². The van der Waals surface area contributed by atoms with Gasteiger partial charge in [-0.2, -0.15) is 5.57 Å². The average Bonchev–Trinajstić information content (AvgIpc) is 3.44. The average molecular weight is 385 g/mol. The fourth-order valence-corrected chi connectivity index (χ4v) is 8.82. The molecule has 4 bridgehead atoms. The number of ether oxygens (including phenoxy) is 2. The number of fused-ring (bicyclic) bond motifs is 10. The highest BCUT2D eigenvalue weighted by molar-refractivity contribution is 5.75. The lowest BCUT2D eigenvalue weighted by Crippen LogP contribution is -2.39. The van der Waals surface area contributed by atoms with Gasteiger partial charge < -0.3 is 14.6 Å². The largest absolute Gasteiger partial charge is 0.698 e. The third-order valence-electron chi connectivity index (χ3n) is 10.2. The molecule has 154 valence electrons. The van der Waals surface area contributed by atoms with Gasteiger partial charge in [-0.05, 0) is 73.7 Å². The smallest absolute Gasteiger partial charge is 0.310 e. The summed E-state index contributed by atoms with van der Waals surface area (Å²) in [5, 5.41) is 13.1. The Labute approximate surface area is 168 Å². The minimum atomic E-state index is -0.243. The second-order valence-electron chi connectivity index (χ2n) is 10.8. The van der Waals surface area contributed by atoms with Crippen molar-refractivity contribution < 1.29 is 19.4 Å². The molecule has 1 saturated heterocycles. The summed E-state index contributed by atoms with van der Waals surface area (Å²) in [7, 11) is 0. The summed E-state index contributed by atoms with van der Waals surface area (Å²) < 4.78 is 11.3. The van der Waals surface area contributed by atoms with Gasteiger partial charge in [-0.15, -0.1) is 12.9 Å². The van der Waals surface area contributed by atoms with Crippen molar-refractivity contribution in [3.8, 4) is 0 Å². The molecule has 4 nitrogen and oxygen atoms in total. The summed E-state index contributed by atoms with van der Waals surface area (Å²) in [5.74, 6) is 6.80. The summed E-state index contributed by atoms with van der Waals surface area (Å²) in [6, 6.07) is 0. The molecule has 6 fully saturated rings. The van der Waals surface area contributed by atoms with Gasteiger partial charge in [0.15, 0.2) is 0 Å². The third-order valence-corrected chi connectivity index (χ3v) is 10.2. The molecule has 4 heteroatoms. The van der Waals surface area contributed by atoms with E-state index < -0.39 is 0 Å². The molecule has 6 aliphatic rings. The zero-order chi connectivity index (χ0) is 19.3. The van der Waals surface area contributed by atoms with Crippen LogP contribution in [0.15, 0.2) is 11.5 Å². The summed E-state index contributed by atoms with van der Waals surface area (Å²) in [6.45, 7) is 7.26. The van der Waals surface area contributed by atoms with Crippen LogP contribution in [0.25, 0.3) is 0 Å². The van der Waals surface area contributed by atoms with Crippen LogP contribution in [-0.2, 0) is 14.3 Å². The third kappa shape index (κ3) is 2.07. The summed E-state index contributed by atoms with van der Waals surface area (Å²) in [6.07, 6.45) is 5.71. The van der Waals surface area contributed by atoms with E-state index in [1.165, 1.54) is 12.3 Å². The maximum absolute atomic E-state index is 13.1. The molecular weight excluding hydrogens is 352 g/mol. The van der Waals surface area contributed by atoms with Gasteiger partial charge in [-0.1, -0.05) is 26.2 Å². The van der Waals surface area contributed by atoms with Crippen LogP contribution in [0.2, 0.25) is 0 Å². The van der Waals surface area contributed by atoms with Gasteiger partial charge in [-0.25, -0.2) is 5.92 Å². The van der Waals surface area contributed by atoms with Crippen molar-refractivity contribution in [3.63, 3.8) is 0 Å². The Hall–Kier alpha value is -1.32. The van der Waals surface area contributed by atoms with Crippen molar-refractivity contribution in [2.75, 3.05) is 6.61 Å². The zero-order valence-corrected chi connectivity index (χ0v) is 17.2. The van der Waals surface area contributed by atoms with Crippen molar-refractivity contribution in [2.45, 2.75) is 59.0 Å². The van der Waals surface area contributed by atoms with Gasteiger partial charge in [0.05, 0.1) is 5.92 Å². The predicted molar refractivity (Wildman–Crippen MR) is 101 cm³/mol. The molecule has 0 aromatic heterocycles. The first-order valence-electron chi connectivity index (χ1n) is 11.6. The maximum atomic E-state index is 13.1. The summed E-state index contributed by atoms with van der Waals surface area (Å²) >= 11 is 0. The number of esters is 1. The number of carbonyl (C=O) groups excluding carboxylic acids is 1. The molecule has 0 aromatic rings. The molecule has 0 aromatic carbocycles. The Morgan fingerprint density at radius 3 is 2.68 bits per heavy atom. The minimum absolute atomic E-state index is 0.0675. The van der Waals surface area contributed by atoms with Gasteiger partial charge >= 0.3 is 5.97 Å². The van der Waals surface area contributed by atoms with Crippen LogP contribution in [0.3, 0.4) is 0 Å². The van der Waals surface area contributed by atoms with E-state index in [-0.39, 0.29) is 36.5 Å². The van der Waals surface area contributed by atoms with Crippen LogP contribution in [0.5, 0.6) is 0 Å². The molecule has 11 unspecified atom stereocenters. The first kappa shape index (κ1) is 17.5. The number of hydrogen-bond donors (Lipinski definition) is 0. The standard InChI is InChI=1S/C24H33O4/c1-10-11(2)15-7-14(10)21-16-8-17(22(15)21)20(12(16)3)24(26)27-9-18-13-5-4-6-19(13)28-23(18)25/h10-11,13-19,21-22,26H,4-9H2,1-3H3/q-1/p-1. The van der Waals surface area contributed by atoms with E-state index in [1.807, 2.05) is 0 Å². The number of hydrogen-bond acceptors (Lipinski definition) is 4. The molecule has 11 atom stereocenters. The molecule has 1 heterocycles. The Morgan fingerprint density at radius 2 is 1.89 bits per heavy atom. The molecule has 5 aliphatic carbocycles. The van der Waals surface area contributed by atoms with Gasteiger partial charge in [0, 0.05) is 5.92 Å². The number of allylic oxidation sites excluding steroid dienone is 1. The van der Waals surface area contributed by atoms with Gasteiger partial charge in [0.25, 0.3) is 0 Å². The molecule has 1 aliphatic heterocycles. The highest BCUT2D eigenvalue weighted by Gasteiger charge is 2.63. The highest BCUT2D eigenvalue weighted by atomic mass is 16.6. The number of rotatable bonds is 3. The van der Waals surface area contributed by atoms with E-state index >= 15 is 0 Å². The topological polar surface area (TPSA) is 58.6 Å². The van der Waals surface area contributed by atoms with Crippen LogP contribution in [0, 0.1) is 65.1 Å². The predicted octanol–water partition coefficient (Wildman–Crippen LogP) is 3.31. The molecule has 0 amide bonds. The van der Waals surface area contributed by atoms with Crippen LogP contribution < -0.4 is 5.11 Å². The zero-order valence-electron chi connectivity index (χ0n) is 17.2. The van der Waals surface area contributed by atoms with Crippen LogP contribution in [0.4, 0.5) is 0 Å². The van der Waals surface area contributed by atoms with Crippen LogP contribution >= 0.6 is 0 Å². The van der Waals surface area contributed by atoms with Gasteiger partial charge in [0.2, 0.25) is 0 Å². The lowest BCUT2D eigenvalue weighted by molar-refractivity contribution is -0.360. The fraction of sp³-hybridized carbons (Fsp3) is 0.833. The Morgan fingerprint density at radius 1 is 1.14 bits per heavy atom. The fourth-order valence-electron chi connectivity index (χ4n) is 8.82. The highest BCUT2D eigenvalue weighted by Crippen LogP contribution is 2.73. The molecule has 28 heavy (non-hydrogen) atoms. The quantitative estimate of drug-likeness (QED) is 0.324. The van der Waals surface area contributed by atoms with Crippen molar-refractivity contribution in [2.24, 2.45) is 59.2 Å². The maximum Gasteiger partial charge on any atom is 0.310 e. The molecular formula is C24H32O4-2. The normalized spacial score (nSPS) is 54.9. The Balaban J connectivity index is 1.21. The van der Waals surface area contributed by atoms with Crippen LogP contribution in [0.1, 0.15) is 52.9 Å². The van der Waals surface area contributed by atoms with Gasteiger partial charge in [0.1, 0.15) is 6.10 Å². The second kappa shape index (κ2) is 5.86. The van der Waals surface area contributed by atoms with Crippen molar-refractivity contribution in [3.05, 3.63) is 17.4 Å². The first-order valence-corrected chi connectivity index (χ1v) is 11.6. The molecule has 5 saturated carbocycles. The molecule has 6 rings (SSSR count). The minimum Gasteiger partial charge on any atom is -0.698 e. The van der Waals surface area contributed by atoms with Gasteiger partial charge in [-0.3, -0.25) is 4.79 Å². The first-order chi connectivity index (χ1) is 13.5. The SMILES string of the molecule is C[C-]1C(=C([O-])OCC2C(=O)OC3CCCC32)C2CC1C1C3CC(C(C)C3C)C21. The van der Waals surface area contributed by atoms with E-state index in [0.717, 1.165) is 60.8 Å². The van der Waals surface area contributed by atoms with Crippen molar-refractivity contribution in [1.82, 2.24) is 0 Å². The van der Waals surface area contributed by atoms with E-state index in [0.29, 0.717) is 17.8 Å². The van der Waals surface area contributed by atoms with E-state index in [4.69, 9.17) is 9.47 Å².